The van der Waals surface area contributed by atoms with E-state index in [2.05, 4.69) is 203 Å². The van der Waals surface area contributed by atoms with Crippen molar-refractivity contribution in [3.05, 3.63) is 212 Å². The van der Waals surface area contributed by atoms with Crippen molar-refractivity contribution >= 4 is 54.4 Å². The second-order valence-corrected chi connectivity index (χ2v) is 15.3. The molecule has 0 aliphatic heterocycles. The monoisotopic (exact) mass is 765 g/mol. The van der Waals surface area contributed by atoms with Crippen molar-refractivity contribution in [2.45, 2.75) is 0 Å². The molecule has 0 saturated heterocycles. The molecule has 0 bridgehead atoms. The van der Waals surface area contributed by atoms with Crippen LogP contribution in [0.1, 0.15) is 0 Å². The molecule has 0 atom stereocenters. The van der Waals surface area contributed by atoms with Crippen molar-refractivity contribution in [2.75, 3.05) is 0 Å². The van der Waals surface area contributed by atoms with Gasteiger partial charge in [0.25, 0.3) is 0 Å². The SMILES string of the molecule is c1ccc(-c2ccc(-n3c4ccccc4c4cc(-c5nc(-c6ccccc6)nc(-c6ccc7c(c6)c6cc8ccccc8cc6n7-c6ccccc6)n5)ccc43)cc2)cc1. The van der Waals surface area contributed by atoms with Crippen LogP contribution in [-0.2, 0) is 0 Å². The molecular weight excluding hydrogens is 731 g/mol. The molecule has 0 radical (unpaired) electrons. The molecule has 60 heavy (non-hydrogen) atoms. The van der Waals surface area contributed by atoms with Crippen LogP contribution >= 0.6 is 0 Å². The lowest BCUT2D eigenvalue weighted by atomic mass is 10.0. The number of benzene rings is 9. The highest BCUT2D eigenvalue weighted by Crippen LogP contribution is 2.39. The number of aromatic nitrogens is 5. The van der Waals surface area contributed by atoms with Crippen molar-refractivity contribution in [3.8, 4) is 56.7 Å². The predicted octanol–water partition coefficient (Wildman–Crippen LogP) is 13.9. The molecule has 0 amide bonds. The fourth-order valence-corrected chi connectivity index (χ4v) is 8.87. The van der Waals surface area contributed by atoms with E-state index >= 15 is 0 Å². The summed E-state index contributed by atoms with van der Waals surface area (Å²) in [5.41, 5.74) is 12.0. The van der Waals surface area contributed by atoms with Crippen LogP contribution in [0, 0.1) is 0 Å². The fourth-order valence-electron chi connectivity index (χ4n) is 8.87. The van der Waals surface area contributed by atoms with E-state index in [9.17, 15) is 0 Å². The molecule has 0 spiro atoms. The number of hydrogen-bond donors (Lipinski definition) is 0. The molecule has 3 heterocycles. The standard InChI is InChI=1S/C55H35N5/c1-4-14-36(15-5-1)37-24-28-44(29-25-37)59-49-23-13-12-22-45(49)46-33-41(26-30-50(46)59)54-56-53(38-16-6-2-7-17-38)57-55(58-54)42-27-31-51-47(34-42)48-32-39-18-10-11-19-40(39)35-52(48)60(51)43-20-8-3-9-21-43/h1-35H. The van der Waals surface area contributed by atoms with Crippen molar-refractivity contribution in [2.24, 2.45) is 0 Å². The molecule has 0 aliphatic carbocycles. The first-order chi connectivity index (χ1) is 29.7. The molecule has 3 aromatic heterocycles. The van der Waals surface area contributed by atoms with E-state index < -0.39 is 0 Å². The van der Waals surface area contributed by atoms with Crippen LogP contribution in [-0.4, -0.2) is 24.1 Å². The zero-order chi connectivity index (χ0) is 39.6. The minimum absolute atomic E-state index is 0.627. The highest BCUT2D eigenvalue weighted by atomic mass is 15.0. The van der Waals surface area contributed by atoms with Gasteiger partial charge < -0.3 is 9.13 Å². The van der Waals surface area contributed by atoms with Crippen LogP contribution in [0.5, 0.6) is 0 Å². The Hall–Kier alpha value is -8.15. The Labute approximate surface area is 346 Å². The van der Waals surface area contributed by atoms with Gasteiger partial charge in [-0.25, -0.2) is 15.0 Å². The van der Waals surface area contributed by atoms with Crippen LogP contribution in [0.2, 0.25) is 0 Å². The zero-order valence-electron chi connectivity index (χ0n) is 32.4. The lowest BCUT2D eigenvalue weighted by molar-refractivity contribution is 1.07. The molecule has 0 saturated carbocycles. The minimum atomic E-state index is 0.627. The summed E-state index contributed by atoms with van der Waals surface area (Å²) in [4.78, 5) is 15.6. The highest BCUT2D eigenvalue weighted by molar-refractivity contribution is 6.14. The molecule has 5 nitrogen and oxygen atoms in total. The van der Waals surface area contributed by atoms with Gasteiger partial charge in [0, 0.05) is 49.6 Å². The molecule has 0 fully saturated rings. The molecule has 5 heteroatoms. The summed E-state index contributed by atoms with van der Waals surface area (Å²) >= 11 is 0. The minimum Gasteiger partial charge on any atom is -0.309 e. The lowest BCUT2D eigenvalue weighted by Crippen LogP contribution is -2.00. The second kappa shape index (κ2) is 13.8. The van der Waals surface area contributed by atoms with Gasteiger partial charge in [-0.2, -0.15) is 0 Å². The van der Waals surface area contributed by atoms with E-state index in [1.54, 1.807) is 0 Å². The molecule has 12 aromatic rings. The predicted molar refractivity (Wildman–Crippen MR) is 248 cm³/mol. The summed E-state index contributed by atoms with van der Waals surface area (Å²) in [5, 5.41) is 7.06. The van der Waals surface area contributed by atoms with Gasteiger partial charge >= 0.3 is 0 Å². The maximum absolute atomic E-state index is 5.26. The number of hydrogen-bond acceptors (Lipinski definition) is 3. The number of rotatable bonds is 6. The average Bonchev–Trinajstić information content (AvgIpc) is 3.83. The van der Waals surface area contributed by atoms with Crippen LogP contribution in [0.3, 0.4) is 0 Å². The molecule has 12 rings (SSSR count). The summed E-state index contributed by atoms with van der Waals surface area (Å²) in [5.74, 6) is 1.89. The Morgan fingerprint density at radius 2 is 0.667 bits per heavy atom. The second-order valence-electron chi connectivity index (χ2n) is 15.3. The van der Waals surface area contributed by atoms with Gasteiger partial charge in [-0.3, -0.25) is 0 Å². The fraction of sp³-hybridized carbons (Fsp3) is 0. The van der Waals surface area contributed by atoms with Crippen molar-refractivity contribution in [1.29, 1.82) is 0 Å². The average molecular weight is 766 g/mol. The molecular formula is C55H35N5. The van der Waals surface area contributed by atoms with E-state index in [-0.39, 0.29) is 0 Å². The first-order valence-corrected chi connectivity index (χ1v) is 20.3. The van der Waals surface area contributed by atoms with E-state index in [0.29, 0.717) is 17.5 Å². The maximum Gasteiger partial charge on any atom is 0.164 e. The quantitative estimate of drug-likeness (QED) is 0.169. The van der Waals surface area contributed by atoms with Gasteiger partial charge in [-0.05, 0) is 101 Å². The van der Waals surface area contributed by atoms with Crippen molar-refractivity contribution in [1.82, 2.24) is 24.1 Å². The van der Waals surface area contributed by atoms with E-state index in [1.807, 2.05) is 18.2 Å². The maximum atomic E-state index is 5.26. The van der Waals surface area contributed by atoms with Gasteiger partial charge in [0.2, 0.25) is 0 Å². The summed E-state index contributed by atoms with van der Waals surface area (Å²) < 4.78 is 4.71. The summed E-state index contributed by atoms with van der Waals surface area (Å²) in [6.07, 6.45) is 0. The van der Waals surface area contributed by atoms with Crippen molar-refractivity contribution < 1.29 is 0 Å². The largest absolute Gasteiger partial charge is 0.309 e. The number of nitrogens with zero attached hydrogens (tertiary/aromatic N) is 5. The normalized spacial score (nSPS) is 11.7. The molecule has 9 aromatic carbocycles. The smallest absolute Gasteiger partial charge is 0.164 e. The third-order valence-corrected chi connectivity index (χ3v) is 11.7. The topological polar surface area (TPSA) is 48.5 Å². The Morgan fingerprint density at radius 3 is 1.32 bits per heavy atom. The van der Waals surface area contributed by atoms with Gasteiger partial charge in [0.05, 0.1) is 22.1 Å². The van der Waals surface area contributed by atoms with E-state index in [0.717, 1.165) is 60.9 Å². The third kappa shape index (κ3) is 5.59. The molecule has 280 valence electrons. The van der Waals surface area contributed by atoms with Gasteiger partial charge in [-0.15, -0.1) is 0 Å². The molecule has 0 N–H and O–H groups in total. The summed E-state index contributed by atoms with van der Waals surface area (Å²) in [6.45, 7) is 0. The first-order valence-electron chi connectivity index (χ1n) is 20.3. The van der Waals surface area contributed by atoms with Crippen LogP contribution in [0.4, 0.5) is 0 Å². The zero-order valence-corrected chi connectivity index (χ0v) is 32.4. The van der Waals surface area contributed by atoms with Gasteiger partial charge in [0.15, 0.2) is 17.5 Å². The van der Waals surface area contributed by atoms with Gasteiger partial charge in [-0.1, -0.05) is 133 Å². The number of para-hydroxylation sites is 2. The molecule has 0 unspecified atom stereocenters. The van der Waals surface area contributed by atoms with E-state index in [1.165, 1.54) is 32.7 Å². The Kier molecular flexibility index (Phi) is 7.78. The lowest BCUT2D eigenvalue weighted by Gasteiger charge is -2.11. The summed E-state index contributed by atoms with van der Waals surface area (Å²) in [6, 6.07) is 75.1. The van der Waals surface area contributed by atoms with E-state index in [4.69, 9.17) is 15.0 Å². The Morgan fingerprint density at radius 1 is 0.250 bits per heavy atom. The van der Waals surface area contributed by atoms with Crippen LogP contribution in [0.25, 0.3) is 111 Å². The first kappa shape index (κ1) is 33.9. The van der Waals surface area contributed by atoms with Crippen molar-refractivity contribution in [3.63, 3.8) is 0 Å². The highest BCUT2D eigenvalue weighted by Gasteiger charge is 2.19. The van der Waals surface area contributed by atoms with Crippen LogP contribution < -0.4 is 0 Å². The third-order valence-electron chi connectivity index (χ3n) is 11.7. The van der Waals surface area contributed by atoms with Crippen LogP contribution in [0.15, 0.2) is 212 Å². The van der Waals surface area contributed by atoms with Gasteiger partial charge in [0.1, 0.15) is 0 Å². The molecule has 0 aliphatic rings. The Bertz CT molecular complexity index is 3570. The summed E-state index contributed by atoms with van der Waals surface area (Å²) in [7, 11) is 0. The number of fused-ring (bicyclic) bond motifs is 7. The Balaban J connectivity index is 1.03.